The molecule has 0 radical (unpaired) electrons. The van der Waals surface area contributed by atoms with Crippen LogP contribution < -0.4 is 4.74 Å². The Balaban J connectivity index is 1.86. The highest BCUT2D eigenvalue weighted by atomic mass is 79.9. The zero-order valence-corrected chi connectivity index (χ0v) is 15.1. The number of ether oxygens (including phenoxy) is 1. The van der Waals surface area contributed by atoms with Crippen molar-refractivity contribution >= 4 is 21.9 Å². The molecular formula is C19H20BrNO3. The largest absolute Gasteiger partial charge is 0.496 e. The fourth-order valence-corrected chi connectivity index (χ4v) is 3.80. The number of hydrogen-bond donors (Lipinski definition) is 1. The van der Waals surface area contributed by atoms with E-state index in [0.717, 1.165) is 22.3 Å². The number of carboxylic acid groups (broad SMARTS) is 1. The van der Waals surface area contributed by atoms with Gasteiger partial charge in [-0.05, 0) is 23.8 Å². The molecule has 5 heteroatoms. The van der Waals surface area contributed by atoms with Crippen LogP contribution in [0, 0.1) is 5.92 Å². The molecule has 1 N–H and O–H groups in total. The first-order chi connectivity index (χ1) is 11.6. The molecule has 1 fully saturated rings. The third-order valence-electron chi connectivity index (χ3n) is 4.55. The van der Waals surface area contributed by atoms with Crippen molar-refractivity contribution in [2.75, 3.05) is 20.2 Å². The molecule has 24 heavy (non-hydrogen) atoms. The van der Waals surface area contributed by atoms with Crippen molar-refractivity contribution in [1.29, 1.82) is 0 Å². The second kappa shape index (κ2) is 7.36. The Morgan fingerprint density at radius 2 is 2.00 bits per heavy atom. The van der Waals surface area contributed by atoms with Crippen LogP contribution in [-0.4, -0.2) is 36.2 Å². The number of nitrogens with zero attached hydrogens (tertiary/aromatic N) is 1. The van der Waals surface area contributed by atoms with Gasteiger partial charge in [0, 0.05) is 35.6 Å². The van der Waals surface area contributed by atoms with E-state index in [4.69, 9.17) is 4.74 Å². The number of rotatable bonds is 5. The van der Waals surface area contributed by atoms with Crippen LogP contribution in [0.5, 0.6) is 5.75 Å². The average Bonchev–Trinajstić information content (AvgIpc) is 2.99. The summed E-state index contributed by atoms with van der Waals surface area (Å²) in [4.78, 5) is 14.0. The summed E-state index contributed by atoms with van der Waals surface area (Å²) in [5.41, 5.74) is 2.15. The molecule has 126 valence electrons. The van der Waals surface area contributed by atoms with Crippen LogP contribution in [0.1, 0.15) is 17.0 Å². The van der Waals surface area contributed by atoms with E-state index in [2.05, 4.69) is 33.0 Å². The molecule has 2 atom stereocenters. The highest BCUT2D eigenvalue weighted by molar-refractivity contribution is 9.10. The van der Waals surface area contributed by atoms with E-state index in [-0.39, 0.29) is 5.92 Å². The molecule has 1 aliphatic heterocycles. The first kappa shape index (κ1) is 17.0. The minimum absolute atomic E-state index is 0.0846. The molecule has 0 unspecified atom stereocenters. The quantitative estimate of drug-likeness (QED) is 0.845. The van der Waals surface area contributed by atoms with Gasteiger partial charge in [-0.15, -0.1) is 0 Å². The van der Waals surface area contributed by atoms with E-state index in [1.165, 1.54) is 5.56 Å². The van der Waals surface area contributed by atoms with Crippen molar-refractivity contribution in [3.05, 3.63) is 64.1 Å². The van der Waals surface area contributed by atoms with Gasteiger partial charge in [0.2, 0.25) is 0 Å². The molecule has 0 bridgehead atoms. The van der Waals surface area contributed by atoms with Crippen LogP contribution in [0.3, 0.4) is 0 Å². The second-order valence-corrected chi connectivity index (χ2v) is 7.03. The lowest BCUT2D eigenvalue weighted by molar-refractivity contribution is -0.141. The third-order valence-corrected chi connectivity index (χ3v) is 5.05. The summed E-state index contributed by atoms with van der Waals surface area (Å²) in [6.07, 6.45) is 0. The maximum absolute atomic E-state index is 11.8. The van der Waals surface area contributed by atoms with Crippen molar-refractivity contribution in [2.24, 2.45) is 5.92 Å². The molecule has 1 heterocycles. The summed E-state index contributed by atoms with van der Waals surface area (Å²) < 4.78 is 6.40. The minimum Gasteiger partial charge on any atom is -0.496 e. The number of carbonyl (C=O) groups is 1. The molecule has 1 aliphatic rings. The van der Waals surface area contributed by atoms with Crippen molar-refractivity contribution in [3.63, 3.8) is 0 Å². The van der Waals surface area contributed by atoms with Gasteiger partial charge < -0.3 is 9.84 Å². The van der Waals surface area contributed by atoms with Crippen LogP contribution >= 0.6 is 15.9 Å². The van der Waals surface area contributed by atoms with Gasteiger partial charge in [-0.2, -0.15) is 0 Å². The highest BCUT2D eigenvalue weighted by Gasteiger charge is 2.39. The lowest BCUT2D eigenvalue weighted by Crippen LogP contribution is -2.23. The van der Waals surface area contributed by atoms with Crippen LogP contribution in [0.25, 0.3) is 0 Å². The van der Waals surface area contributed by atoms with Gasteiger partial charge in [0.25, 0.3) is 0 Å². The predicted molar refractivity (Wildman–Crippen MR) is 96.3 cm³/mol. The first-order valence-electron chi connectivity index (χ1n) is 7.91. The van der Waals surface area contributed by atoms with E-state index < -0.39 is 11.9 Å². The fourth-order valence-electron chi connectivity index (χ4n) is 3.42. The van der Waals surface area contributed by atoms with Crippen molar-refractivity contribution in [1.82, 2.24) is 4.90 Å². The van der Waals surface area contributed by atoms with Gasteiger partial charge >= 0.3 is 5.97 Å². The Kier molecular flexibility index (Phi) is 5.21. The molecule has 2 aromatic rings. The molecule has 0 aromatic heterocycles. The van der Waals surface area contributed by atoms with Gasteiger partial charge in [-0.3, -0.25) is 9.69 Å². The fraction of sp³-hybridized carbons (Fsp3) is 0.316. The van der Waals surface area contributed by atoms with Gasteiger partial charge in [-0.1, -0.05) is 46.3 Å². The van der Waals surface area contributed by atoms with Gasteiger partial charge in [0.1, 0.15) is 5.75 Å². The number of methoxy groups -OCH3 is 1. The molecule has 4 nitrogen and oxygen atoms in total. The summed E-state index contributed by atoms with van der Waals surface area (Å²) >= 11 is 3.48. The van der Waals surface area contributed by atoms with Crippen molar-refractivity contribution < 1.29 is 14.6 Å². The number of aliphatic carboxylic acids is 1. The number of carboxylic acids is 1. The van der Waals surface area contributed by atoms with Gasteiger partial charge in [-0.25, -0.2) is 0 Å². The lowest BCUT2D eigenvalue weighted by Gasteiger charge is -2.19. The van der Waals surface area contributed by atoms with Gasteiger partial charge in [0.05, 0.1) is 13.0 Å². The number of likely N-dealkylation sites (tertiary alicyclic amines) is 1. The third kappa shape index (κ3) is 3.62. The summed E-state index contributed by atoms with van der Waals surface area (Å²) in [6, 6.07) is 15.9. The molecule has 2 aromatic carbocycles. The zero-order valence-electron chi connectivity index (χ0n) is 13.5. The van der Waals surface area contributed by atoms with Crippen LogP contribution in [-0.2, 0) is 11.3 Å². The van der Waals surface area contributed by atoms with E-state index in [1.807, 2.05) is 36.4 Å². The molecular weight excluding hydrogens is 370 g/mol. The summed E-state index contributed by atoms with van der Waals surface area (Å²) in [6.45, 7) is 2.01. The van der Waals surface area contributed by atoms with E-state index in [9.17, 15) is 9.90 Å². The molecule has 1 saturated heterocycles. The summed E-state index contributed by atoms with van der Waals surface area (Å²) in [7, 11) is 1.62. The lowest BCUT2D eigenvalue weighted by atomic mass is 9.88. The maximum Gasteiger partial charge on any atom is 0.308 e. The van der Waals surface area contributed by atoms with Gasteiger partial charge in [0.15, 0.2) is 0 Å². The number of hydrogen-bond acceptors (Lipinski definition) is 3. The van der Waals surface area contributed by atoms with E-state index >= 15 is 0 Å². The molecule has 0 saturated carbocycles. The molecule has 3 rings (SSSR count). The molecule has 0 spiro atoms. The summed E-state index contributed by atoms with van der Waals surface area (Å²) in [5.74, 6) is -0.524. The molecule has 0 amide bonds. The summed E-state index contributed by atoms with van der Waals surface area (Å²) in [5, 5.41) is 9.68. The number of halogens is 1. The van der Waals surface area contributed by atoms with Crippen LogP contribution in [0.4, 0.5) is 0 Å². The van der Waals surface area contributed by atoms with Crippen LogP contribution in [0.15, 0.2) is 53.0 Å². The standard InChI is InChI=1S/C19H20BrNO3/c1-24-18-8-7-14(20)9-15(18)16-11-21(12-17(16)19(22)23)10-13-5-3-2-4-6-13/h2-9,16-17H,10-12H2,1H3,(H,22,23)/t16-,17+/m0/s1. The second-order valence-electron chi connectivity index (χ2n) is 6.12. The number of benzene rings is 2. The highest BCUT2D eigenvalue weighted by Crippen LogP contribution is 2.39. The minimum atomic E-state index is -0.752. The topological polar surface area (TPSA) is 49.8 Å². The average molecular weight is 390 g/mol. The van der Waals surface area contributed by atoms with E-state index in [1.54, 1.807) is 7.11 Å². The van der Waals surface area contributed by atoms with Crippen LogP contribution in [0.2, 0.25) is 0 Å². The smallest absolute Gasteiger partial charge is 0.308 e. The first-order valence-corrected chi connectivity index (χ1v) is 8.70. The predicted octanol–water partition coefficient (Wildman–Crippen LogP) is 3.76. The Morgan fingerprint density at radius 1 is 1.25 bits per heavy atom. The van der Waals surface area contributed by atoms with E-state index in [0.29, 0.717) is 13.1 Å². The Hall–Kier alpha value is -1.85. The Labute approximate surface area is 150 Å². The normalized spacial score (nSPS) is 20.9. The SMILES string of the molecule is COc1ccc(Br)cc1[C@@H]1CN(Cc2ccccc2)C[C@H]1C(=O)O. The van der Waals surface area contributed by atoms with Crippen molar-refractivity contribution in [2.45, 2.75) is 12.5 Å². The monoisotopic (exact) mass is 389 g/mol. The maximum atomic E-state index is 11.8. The van der Waals surface area contributed by atoms with Crippen molar-refractivity contribution in [3.8, 4) is 5.75 Å². The molecule has 0 aliphatic carbocycles. The zero-order chi connectivity index (χ0) is 17.1. The Bertz CT molecular complexity index is 720. The Morgan fingerprint density at radius 3 is 2.67 bits per heavy atom.